The van der Waals surface area contributed by atoms with E-state index in [0.717, 1.165) is 37.4 Å². The van der Waals surface area contributed by atoms with Crippen LogP contribution in [0, 0.1) is 18.7 Å². The summed E-state index contributed by atoms with van der Waals surface area (Å²) in [5, 5.41) is 3.47. The van der Waals surface area contributed by atoms with Crippen molar-refractivity contribution < 1.29 is 4.39 Å². The van der Waals surface area contributed by atoms with Gasteiger partial charge in [0.15, 0.2) is 0 Å². The van der Waals surface area contributed by atoms with Crippen LogP contribution in [0.2, 0.25) is 0 Å². The van der Waals surface area contributed by atoms with Crippen LogP contribution in [0.5, 0.6) is 0 Å². The van der Waals surface area contributed by atoms with Crippen LogP contribution in [0.1, 0.15) is 25.3 Å². The van der Waals surface area contributed by atoms with E-state index in [-0.39, 0.29) is 5.82 Å². The summed E-state index contributed by atoms with van der Waals surface area (Å²) in [4.78, 5) is 2.30. The maximum atomic E-state index is 13.4. The molecule has 0 amide bonds. The molecule has 1 N–H and O–H groups in total. The maximum absolute atomic E-state index is 13.4. The van der Waals surface area contributed by atoms with E-state index in [0.29, 0.717) is 5.92 Å². The van der Waals surface area contributed by atoms with Gasteiger partial charge in [-0.25, -0.2) is 4.39 Å². The van der Waals surface area contributed by atoms with E-state index in [1.807, 2.05) is 6.92 Å². The highest BCUT2D eigenvalue weighted by atomic mass is 19.1. The van der Waals surface area contributed by atoms with Gasteiger partial charge >= 0.3 is 0 Å². The van der Waals surface area contributed by atoms with E-state index in [1.165, 1.54) is 12.8 Å². The largest absolute Gasteiger partial charge is 0.371 e. The molecular formula is C15H23FN2. The summed E-state index contributed by atoms with van der Waals surface area (Å²) < 4.78 is 13.4. The first-order valence-electron chi connectivity index (χ1n) is 6.92. The van der Waals surface area contributed by atoms with Crippen LogP contribution in [-0.2, 0) is 0 Å². The number of benzene rings is 1. The Balaban J connectivity index is 1.91. The van der Waals surface area contributed by atoms with Gasteiger partial charge in [0.2, 0.25) is 0 Å². The van der Waals surface area contributed by atoms with Gasteiger partial charge in [0.1, 0.15) is 5.82 Å². The Labute approximate surface area is 109 Å². The van der Waals surface area contributed by atoms with E-state index in [4.69, 9.17) is 0 Å². The summed E-state index contributed by atoms with van der Waals surface area (Å²) in [6, 6.07) is 5.31. The van der Waals surface area contributed by atoms with Crippen LogP contribution in [0.3, 0.4) is 0 Å². The van der Waals surface area contributed by atoms with Gasteiger partial charge in [0.25, 0.3) is 0 Å². The number of nitrogens with zero attached hydrogens (tertiary/aromatic N) is 1. The van der Waals surface area contributed by atoms with Gasteiger partial charge in [-0.1, -0.05) is 6.92 Å². The number of hydrogen-bond donors (Lipinski definition) is 1. The SMILES string of the molecule is CCCNCC1CCN(c2cc(C)cc(F)c2)C1. The van der Waals surface area contributed by atoms with E-state index >= 15 is 0 Å². The maximum Gasteiger partial charge on any atom is 0.125 e. The van der Waals surface area contributed by atoms with E-state index in [2.05, 4.69) is 23.2 Å². The minimum Gasteiger partial charge on any atom is -0.371 e. The van der Waals surface area contributed by atoms with Crippen molar-refractivity contribution in [2.75, 3.05) is 31.1 Å². The molecule has 1 unspecified atom stereocenters. The molecule has 1 aliphatic rings. The van der Waals surface area contributed by atoms with Crippen molar-refractivity contribution >= 4 is 5.69 Å². The highest BCUT2D eigenvalue weighted by Crippen LogP contribution is 2.25. The van der Waals surface area contributed by atoms with E-state index in [9.17, 15) is 4.39 Å². The predicted octanol–water partition coefficient (Wildman–Crippen LogP) is 2.96. The van der Waals surface area contributed by atoms with Crippen molar-refractivity contribution in [2.24, 2.45) is 5.92 Å². The second kappa shape index (κ2) is 6.19. The molecule has 1 aromatic carbocycles. The molecule has 0 aliphatic carbocycles. The summed E-state index contributed by atoms with van der Waals surface area (Å²) in [6.45, 7) is 8.39. The molecule has 0 aromatic heterocycles. The van der Waals surface area contributed by atoms with Crippen LogP contribution < -0.4 is 10.2 Å². The Hall–Kier alpha value is -1.09. The van der Waals surface area contributed by atoms with Gasteiger partial charge < -0.3 is 10.2 Å². The van der Waals surface area contributed by atoms with E-state index < -0.39 is 0 Å². The van der Waals surface area contributed by atoms with Crippen molar-refractivity contribution in [1.29, 1.82) is 0 Å². The summed E-state index contributed by atoms with van der Waals surface area (Å²) in [5.74, 6) is 0.567. The standard InChI is InChI=1S/C15H23FN2/c1-3-5-17-10-13-4-6-18(11-13)15-8-12(2)7-14(16)9-15/h7-9,13,17H,3-6,10-11H2,1-2H3. The van der Waals surface area contributed by atoms with Crippen molar-refractivity contribution in [3.8, 4) is 0 Å². The lowest BCUT2D eigenvalue weighted by Crippen LogP contribution is -2.26. The van der Waals surface area contributed by atoms with Crippen LogP contribution in [-0.4, -0.2) is 26.2 Å². The second-order valence-corrected chi connectivity index (χ2v) is 5.29. The van der Waals surface area contributed by atoms with Crippen molar-refractivity contribution in [3.05, 3.63) is 29.6 Å². The van der Waals surface area contributed by atoms with E-state index in [1.54, 1.807) is 12.1 Å². The number of nitrogens with one attached hydrogen (secondary N) is 1. The van der Waals surface area contributed by atoms with Crippen LogP contribution in [0.25, 0.3) is 0 Å². The van der Waals surface area contributed by atoms with Crippen LogP contribution in [0.15, 0.2) is 18.2 Å². The first-order chi connectivity index (χ1) is 8.69. The molecule has 1 fully saturated rings. The molecule has 1 heterocycles. The molecule has 18 heavy (non-hydrogen) atoms. The molecule has 2 rings (SSSR count). The molecule has 1 atom stereocenters. The second-order valence-electron chi connectivity index (χ2n) is 5.29. The predicted molar refractivity (Wildman–Crippen MR) is 74.6 cm³/mol. The third-order valence-electron chi connectivity index (χ3n) is 3.54. The lowest BCUT2D eigenvalue weighted by Gasteiger charge is -2.19. The molecule has 2 nitrogen and oxygen atoms in total. The minimum absolute atomic E-state index is 0.127. The zero-order valence-corrected chi connectivity index (χ0v) is 11.4. The van der Waals surface area contributed by atoms with Crippen molar-refractivity contribution in [2.45, 2.75) is 26.7 Å². The fraction of sp³-hybridized carbons (Fsp3) is 0.600. The highest BCUT2D eigenvalue weighted by Gasteiger charge is 2.22. The van der Waals surface area contributed by atoms with Gasteiger partial charge in [0, 0.05) is 18.8 Å². The first-order valence-corrected chi connectivity index (χ1v) is 6.92. The fourth-order valence-electron chi connectivity index (χ4n) is 2.62. The molecule has 0 bridgehead atoms. The molecule has 1 aliphatic heterocycles. The lowest BCUT2D eigenvalue weighted by atomic mass is 10.1. The summed E-state index contributed by atoms with van der Waals surface area (Å²) >= 11 is 0. The average Bonchev–Trinajstić information content (AvgIpc) is 2.77. The quantitative estimate of drug-likeness (QED) is 0.808. The topological polar surface area (TPSA) is 15.3 Å². The fourth-order valence-corrected chi connectivity index (χ4v) is 2.62. The average molecular weight is 250 g/mol. The monoisotopic (exact) mass is 250 g/mol. The number of rotatable bonds is 5. The molecule has 0 saturated carbocycles. The Morgan fingerprint density at radius 1 is 1.39 bits per heavy atom. The molecule has 100 valence electrons. The third kappa shape index (κ3) is 3.45. The van der Waals surface area contributed by atoms with Gasteiger partial charge in [-0.3, -0.25) is 0 Å². The number of halogens is 1. The number of anilines is 1. The Bertz CT molecular complexity index is 372. The summed E-state index contributed by atoms with van der Waals surface area (Å²) in [6.07, 6.45) is 2.38. The summed E-state index contributed by atoms with van der Waals surface area (Å²) in [7, 11) is 0. The van der Waals surface area contributed by atoms with Crippen molar-refractivity contribution in [3.63, 3.8) is 0 Å². The first kappa shape index (κ1) is 13.3. The molecule has 3 heteroatoms. The number of hydrogen-bond acceptors (Lipinski definition) is 2. The van der Waals surface area contributed by atoms with Gasteiger partial charge in [0.05, 0.1) is 0 Å². The number of aryl methyl sites for hydroxylation is 1. The zero-order chi connectivity index (χ0) is 13.0. The molecule has 1 aromatic rings. The molecule has 0 spiro atoms. The molecule has 0 radical (unpaired) electrons. The molecule has 1 saturated heterocycles. The highest BCUT2D eigenvalue weighted by molar-refractivity contribution is 5.49. The molecular weight excluding hydrogens is 227 g/mol. The lowest BCUT2D eigenvalue weighted by molar-refractivity contribution is 0.516. The minimum atomic E-state index is -0.127. The normalized spacial score (nSPS) is 19.5. The van der Waals surface area contributed by atoms with Crippen LogP contribution in [0.4, 0.5) is 10.1 Å². The smallest absolute Gasteiger partial charge is 0.125 e. The third-order valence-corrected chi connectivity index (χ3v) is 3.54. The van der Waals surface area contributed by atoms with Gasteiger partial charge in [-0.05, 0) is 62.5 Å². The summed E-state index contributed by atoms with van der Waals surface area (Å²) in [5.41, 5.74) is 2.03. The van der Waals surface area contributed by atoms with Gasteiger partial charge in [-0.2, -0.15) is 0 Å². The van der Waals surface area contributed by atoms with Gasteiger partial charge in [-0.15, -0.1) is 0 Å². The van der Waals surface area contributed by atoms with Crippen molar-refractivity contribution in [1.82, 2.24) is 5.32 Å². The Morgan fingerprint density at radius 3 is 2.94 bits per heavy atom. The van der Waals surface area contributed by atoms with Crippen LogP contribution >= 0.6 is 0 Å². The Morgan fingerprint density at radius 2 is 2.22 bits per heavy atom. The zero-order valence-electron chi connectivity index (χ0n) is 11.4. The Kier molecular flexibility index (Phi) is 4.59.